The van der Waals surface area contributed by atoms with Gasteiger partial charge in [0.2, 0.25) is 0 Å². The topological polar surface area (TPSA) is 216 Å². The Morgan fingerprint density at radius 1 is 0.962 bits per heavy atom. The van der Waals surface area contributed by atoms with Crippen molar-refractivity contribution in [2.24, 2.45) is 0 Å². The lowest BCUT2D eigenvalue weighted by molar-refractivity contribution is -0.164. The summed E-state index contributed by atoms with van der Waals surface area (Å²) in [6.45, 7) is 0.776. The summed E-state index contributed by atoms with van der Waals surface area (Å²) in [6, 6.07) is 2.03. The summed E-state index contributed by atoms with van der Waals surface area (Å²) < 4.78 is 0. The van der Waals surface area contributed by atoms with E-state index in [9.17, 15) is 19.8 Å². The molecule has 26 heavy (non-hydrogen) atoms. The molecule has 1 aromatic carbocycles. The Morgan fingerprint density at radius 2 is 1.42 bits per heavy atom. The molecule has 0 heterocycles. The summed E-state index contributed by atoms with van der Waals surface area (Å²) >= 11 is 0. The zero-order valence-electron chi connectivity index (χ0n) is 13.7. The molecule has 0 saturated carbocycles. The molecule has 0 unspecified atom stereocenters. The molecule has 0 spiro atoms. The Labute approximate surface area is 147 Å². The lowest BCUT2D eigenvalue weighted by Crippen LogP contribution is -2.48. The van der Waals surface area contributed by atoms with Crippen LogP contribution in [0.1, 0.15) is 23.7 Å². The zero-order chi connectivity index (χ0) is 20.6. The third-order valence-corrected chi connectivity index (χ3v) is 3.19. The first kappa shape index (κ1) is 23.6. The molecule has 11 nitrogen and oxygen atoms in total. The number of carbonyl (C=O) groups excluding carboxylic acids is 1. The summed E-state index contributed by atoms with van der Waals surface area (Å²) in [5, 5.41) is 79.2. The molecular weight excluding hydrogens is 356 g/mol. The highest BCUT2D eigenvalue weighted by atomic mass is 16.4. The molecule has 0 radical (unpaired) electrons. The van der Waals surface area contributed by atoms with Gasteiger partial charge in [0.05, 0.1) is 6.61 Å². The summed E-state index contributed by atoms with van der Waals surface area (Å²) in [4.78, 5) is 21.3. The second-order valence-electron chi connectivity index (χ2n) is 5.15. The molecule has 148 valence electrons. The number of phenols is 3. The number of benzene rings is 1. The van der Waals surface area contributed by atoms with E-state index in [2.05, 4.69) is 0 Å². The maximum atomic E-state index is 11.2. The molecule has 0 saturated heterocycles. The lowest BCUT2D eigenvalue weighted by Gasteiger charge is -2.23. The molecule has 1 aromatic rings. The van der Waals surface area contributed by atoms with Crippen LogP contribution in [-0.2, 0) is 4.79 Å². The smallest absolute Gasteiger partial charge is 0.335 e. The van der Waals surface area contributed by atoms with E-state index < -0.39 is 48.5 Å². The van der Waals surface area contributed by atoms with E-state index in [1.807, 2.05) is 0 Å². The Bertz CT molecular complexity index is 593. The van der Waals surface area contributed by atoms with Crippen molar-refractivity contribution in [3.63, 3.8) is 0 Å². The highest BCUT2D eigenvalue weighted by Crippen LogP contribution is 2.32. The Morgan fingerprint density at radius 3 is 1.77 bits per heavy atom. The van der Waals surface area contributed by atoms with Gasteiger partial charge in [-0.1, -0.05) is 6.92 Å². The third kappa shape index (κ3) is 6.46. The Balaban J connectivity index is 0.000000481. The number of hydrogen-bond donors (Lipinski definition) is 9. The SMILES string of the molecule is CCC(=O)c1c(O)cc(O)cc1O.O=C(O)[C@H](O)[C@@H](O)[C@H](O)[C@H](O)CO. The minimum absolute atomic E-state index is 0.139. The van der Waals surface area contributed by atoms with Crippen LogP contribution in [0.4, 0.5) is 0 Å². The van der Waals surface area contributed by atoms with Gasteiger partial charge in [-0.25, -0.2) is 4.79 Å². The molecule has 1 rings (SSSR count). The van der Waals surface area contributed by atoms with Crippen molar-refractivity contribution >= 4 is 11.8 Å². The van der Waals surface area contributed by atoms with Gasteiger partial charge < -0.3 is 46.0 Å². The first-order chi connectivity index (χ1) is 12.0. The van der Waals surface area contributed by atoms with E-state index in [0.29, 0.717) is 0 Å². The van der Waals surface area contributed by atoms with Gasteiger partial charge in [0.15, 0.2) is 11.9 Å². The number of carbonyl (C=O) groups is 2. The van der Waals surface area contributed by atoms with Crippen LogP contribution in [0.3, 0.4) is 0 Å². The van der Waals surface area contributed by atoms with Crippen molar-refractivity contribution in [3.8, 4) is 17.2 Å². The summed E-state index contributed by atoms with van der Waals surface area (Å²) in [7, 11) is 0. The second kappa shape index (κ2) is 10.5. The maximum Gasteiger partial charge on any atom is 0.335 e. The highest BCUT2D eigenvalue weighted by molar-refractivity contribution is 6.01. The predicted molar refractivity (Wildman–Crippen MR) is 84.8 cm³/mol. The molecule has 9 N–H and O–H groups in total. The minimum atomic E-state index is -2.20. The molecule has 4 atom stereocenters. The normalized spacial score (nSPS) is 15.2. The van der Waals surface area contributed by atoms with Crippen LogP contribution in [-0.4, -0.2) is 88.7 Å². The van der Waals surface area contributed by atoms with E-state index >= 15 is 0 Å². The number of rotatable bonds is 7. The van der Waals surface area contributed by atoms with Gasteiger partial charge in [-0.15, -0.1) is 0 Å². The number of carboxylic acids is 1. The van der Waals surface area contributed by atoms with Crippen LogP contribution in [0.2, 0.25) is 0 Å². The van der Waals surface area contributed by atoms with E-state index in [1.165, 1.54) is 0 Å². The monoisotopic (exact) mass is 378 g/mol. The number of Topliss-reactive ketones (excluding diaryl/α,β-unsaturated/α-hetero) is 1. The van der Waals surface area contributed by atoms with Crippen molar-refractivity contribution in [3.05, 3.63) is 17.7 Å². The predicted octanol–water partition coefficient (Wildman–Crippen LogP) is -2.10. The number of hydrogen-bond acceptors (Lipinski definition) is 10. The van der Waals surface area contributed by atoms with E-state index in [1.54, 1.807) is 6.92 Å². The van der Waals surface area contributed by atoms with Crippen LogP contribution in [0.25, 0.3) is 0 Å². The average Bonchev–Trinajstić information content (AvgIpc) is 2.58. The number of aliphatic carboxylic acids is 1. The molecule has 0 aromatic heterocycles. The third-order valence-electron chi connectivity index (χ3n) is 3.19. The Kier molecular flexibility index (Phi) is 9.54. The minimum Gasteiger partial charge on any atom is -0.508 e. The number of carboxylic acid groups (broad SMARTS) is 1. The van der Waals surface area contributed by atoms with E-state index in [-0.39, 0.29) is 23.5 Å². The lowest BCUT2D eigenvalue weighted by atomic mass is 10.0. The second-order valence-corrected chi connectivity index (χ2v) is 5.15. The molecule has 0 amide bonds. The summed E-state index contributed by atoms with van der Waals surface area (Å²) in [6.07, 6.45) is -7.65. The molecule has 0 aliphatic carbocycles. The van der Waals surface area contributed by atoms with E-state index in [0.717, 1.165) is 12.1 Å². The average molecular weight is 378 g/mol. The highest BCUT2D eigenvalue weighted by Gasteiger charge is 2.33. The fourth-order valence-corrected chi connectivity index (χ4v) is 1.73. The molecule has 0 aliphatic heterocycles. The Hall–Kier alpha value is -2.44. The van der Waals surface area contributed by atoms with Gasteiger partial charge >= 0.3 is 5.97 Å². The zero-order valence-corrected chi connectivity index (χ0v) is 13.7. The van der Waals surface area contributed by atoms with Gasteiger partial charge in [0, 0.05) is 18.6 Å². The van der Waals surface area contributed by atoms with Crippen molar-refractivity contribution < 1.29 is 55.5 Å². The molecule has 0 fully saturated rings. The molecular formula is C15H22O11. The first-order valence-corrected chi connectivity index (χ1v) is 7.31. The van der Waals surface area contributed by atoms with Crippen molar-refractivity contribution in [2.45, 2.75) is 37.8 Å². The van der Waals surface area contributed by atoms with Gasteiger partial charge in [0.25, 0.3) is 0 Å². The quantitative estimate of drug-likeness (QED) is 0.234. The maximum absolute atomic E-state index is 11.2. The summed E-state index contributed by atoms with van der Waals surface area (Å²) in [5.41, 5.74) is -0.139. The van der Waals surface area contributed by atoms with Gasteiger partial charge in [0.1, 0.15) is 41.1 Å². The summed E-state index contributed by atoms with van der Waals surface area (Å²) in [5.74, 6) is -3.16. The van der Waals surface area contributed by atoms with Crippen LogP contribution in [0.5, 0.6) is 17.2 Å². The molecule has 0 aliphatic rings. The van der Waals surface area contributed by atoms with E-state index in [4.69, 9.17) is 35.7 Å². The fraction of sp³-hybridized carbons (Fsp3) is 0.467. The largest absolute Gasteiger partial charge is 0.508 e. The van der Waals surface area contributed by atoms with Gasteiger partial charge in [-0.2, -0.15) is 0 Å². The van der Waals surface area contributed by atoms with Crippen LogP contribution in [0, 0.1) is 0 Å². The first-order valence-electron chi connectivity index (χ1n) is 7.31. The van der Waals surface area contributed by atoms with Crippen molar-refractivity contribution in [1.82, 2.24) is 0 Å². The molecule has 11 heteroatoms. The van der Waals surface area contributed by atoms with Gasteiger partial charge in [-0.05, 0) is 0 Å². The number of aliphatic hydroxyl groups is 5. The standard InChI is InChI=1S/C9H10O4.C6H12O7/c1-2-6(11)9-7(12)3-5(10)4-8(9)13;7-1-2(8)3(9)4(10)5(11)6(12)13/h3-4,10,12-13H,2H2,1H3;2-5,7-11H,1H2,(H,12,13)/t;2-,3-,4+,5-/m.1/s1. The number of ketones is 1. The van der Waals surface area contributed by atoms with Gasteiger partial charge in [-0.3, -0.25) is 4.79 Å². The van der Waals surface area contributed by atoms with Crippen molar-refractivity contribution in [1.29, 1.82) is 0 Å². The number of aromatic hydroxyl groups is 3. The van der Waals surface area contributed by atoms with Crippen LogP contribution in [0.15, 0.2) is 12.1 Å². The van der Waals surface area contributed by atoms with Crippen molar-refractivity contribution in [2.75, 3.05) is 6.61 Å². The fourth-order valence-electron chi connectivity index (χ4n) is 1.73. The van der Waals surface area contributed by atoms with Crippen LogP contribution >= 0.6 is 0 Å². The number of aliphatic hydroxyl groups excluding tert-OH is 5. The number of phenolic OH excluding ortho intramolecular Hbond substituents is 3. The molecule has 0 bridgehead atoms. The van der Waals surface area contributed by atoms with Crippen LogP contribution < -0.4 is 0 Å².